The smallest absolute Gasteiger partial charge is 0.260 e. The van der Waals surface area contributed by atoms with Gasteiger partial charge < -0.3 is 10.7 Å². The van der Waals surface area contributed by atoms with Crippen molar-refractivity contribution in [3.05, 3.63) is 53.6 Å². The highest BCUT2D eigenvalue weighted by molar-refractivity contribution is 6.07. The number of imidazole rings is 1. The van der Waals surface area contributed by atoms with Crippen molar-refractivity contribution in [1.82, 2.24) is 9.97 Å². The lowest BCUT2D eigenvalue weighted by Crippen LogP contribution is -2.15. The number of amides is 1. The molecule has 0 radical (unpaired) electrons. The topological polar surface area (TPSA) is 83.8 Å². The monoisotopic (exact) mass is 266 g/mol. The molecule has 5 nitrogen and oxygen atoms in total. The Kier molecular flexibility index (Phi) is 2.87. The van der Waals surface area contributed by atoms with Crippen molar-refractivity contribution in [2.45, 2.75) is 6.92 Å². The third-order valence-electron chi connectivity index (χ3n) is 3.19. The van der Waals surface area contributed by atoms with Gasteiger partial charge in [0.1, 0.15) is 0 Å². The Morgan fingerprint density at radius 3 is 2.80 bits per heavy atom. The summed E-state index contributed by atoms with van der Waals surface area (Å²) in [6.07, 6.45) is 0. The van der Waals surface area contributed by atoms with Crippen LogP contribution >= 0.6 is 0 Å². The van der Waals surface area contributed by atoms with Crippen molar-refractivity contribution in [2.24, 2.45) is 0 Å². The standard InChI is InChI=1S/C15H14N4O/c1-9-5-4-6-10(13(9)16)14(20)19-15-17-11-7-2-3-8-12(11)18-15/h2-8H,16H2,1H3,(H2,17,18,19,20). The second-order valence-corrected chi connectivity index (χ2v) is 4.59. The quantitative estimate of drug-likeness (QED) is 0.623. The van der Waals surface area contributed by atoms with E-state index in [2.05, 4.69) is 15.3 Å². The van der Waals surface area contributed by atoms with Gasteiger partial charge in [-0.05, 0) is 30.7 Å². The van der Waals surface area contributed by atoms with Crippen LogP contribution in [0, 0.1) is 6.92 Å². The van der Waals surface area contributed by atoms with Gasteiger partial charge in [-0.1, -0.05) is 24.3 Å². The van der Waals surface area contributed by atoms with E-state index in [-0.39, 0.29) is 5.91 Å². The number of para-hydroxylation sites is 3. The Morgan fingerprint density at radius 1 is 1.20 bits per heavy atom. The summed E-state index contributed by atoms with van der Waals surface area (Å²) in [5, 5.41) is 2.73. The largest absolute Gasteiger partial charge is 0.398 e. The molecule has 4 N–H and O–H groups in total. The molecule has 0 aliphatic carbocycles. The Morgan fingerprint density at radius 2 is 2.00 bits per heavy atom. The first kappa shape index (κ1) is 12.2. The second-order valence-electron chi connectivity index (χ2n) is 4.59. The Labute approximate surface area is 115 Å². The SMILES string of the molecule is Cc1cccc(C(=O)Nc2nc3ccccc3[nH]2)c1N. The van der Waals surface area contributed by atoms with E-state index < -0.39 is 0 Å². The minimum absolute atomic E-state index is 0.273. The maximum Gasteiger partial charge on any atom is 0.260 e. The van der Waals surface area contributed by atoms with Crippen LogP contribution in [-0.4, -0.2) is 15.9 Å². The van der Waals surface area contributed by atoms with E-state index in [1.54, 1.807) is 12.1 Å². The number of hydrogen-bond donors (Lipinski definition) is 3. The second kappa shape index (κ2) is 4.70. The van der Waals surface area contributed by atoms with Crippen LogP contribution in [0.1, 0.15) is 15.9 Å². The van der Waals surface area contributed by atoms with E-state index >= 15 is 0 Å². The molecule has 0 bridgehead atoms. The first-order chi connectivity index (χ1) is 9.65. The number of nitrogens with zero attached hydrogens (tertiary/aromatic N) is 1. The highest BCUT2D eigenvalue weighted by Crippen LogP contribution is 2.19. The number of carbonyl (C=O) groups excluding carboxylic acids is 1. The fourth-order valence-electron chi connectivity index (χ4n) is 2.07. The van der Waals surface area contributed by atoms with Crippen molar-refractivity contribution in [3.63, 3.8) is 0 Å². The summed E-state index contributed by atoms with van der Waals surface area (Å²) in [5.41, 5.74) is 9.42. The highest BCUT2D eigenvalue weighted by Gasteiger charge is 2.12. The number of fused-ring (bicyclic) bond motifs is 1. The fourth-order valence-corrected chi connectivity index (χ4v) is 2.07. The number of hydrogen-bond acceptors (Lipinski definition) is 3. The van der Waals surface area contributed by atoms with Crippen LogP contribution < -0.4 is 11.1 Å². The van der Waals surface area contributed by atoms with Crippen molar-refractivity contribution in [2.75, 3.05) is 11.1 Å². The van der Waals surface area contributed by atoms with E-state index in [0.717, 1.165) is 16.6 Å². The van der Waals surface area contributed by atoms with E-state index in [1.165, 1.54) is 0 Å². The highest BCUT2D eigenvalue weighted by atomic mass is 16.1. The lowest BCUT2D eigenvalue weighted by molar-refractivity contribution is 0.102. The average Bonchev–Trinajstić information content (AvgIpc) is 2.83. The number of rotatable bonds is 2. The van der Waals surface area contributed by atoms with E-state index in [0.29, 0.717) is 17.2 Å². The normalized spacial score (nSPS) is 10.7. The van der Waals surface area contributed by atoms with Gasteiger partial charge in [0, 0.05) is 5.69 Å². The lowest BCUT2D eigenvalue weighted by Gasteiger charge is -2.07. The molecule has 5 heteroatoms. The molecule has 0 saturated carbocycles. The van der Waals surface area contributed by atoms with Crippen molar-refractivity contribution in [3.8, 4) is 0 Å². The molecule has 0 fully saturated rings. The summed E-state index contributed by atoms with van der Waals surface area (Å²) < 4.78 is 0. The number of benzene rings is 2. The molecular formula is C15H14N4O. The molecule has 0 unspecified atom stereocenters. The number of carbonyl (C=O) groups is 1. The molecule has 20 heavy (non-hydrogen) atoms. The number of nitrogens with one attached hydrogen (secondary N) is 2. The molecule has 0 spiro atoms. The molecule has 0 atom stereocenters. The summed E-state index contributed by atoms with van der Waals surface area (Å²) in [7, 11) is 0. The van der Waals surface area contributed by atoms with Crippen LogP contribution in [-0.2, 0) is 0 Å². The molecule has 1 aromatic heterocycles. The summed E-state index contributed by atoms with van der Waals surface area (Å²) in [5.74, 6) is 0.141. The number of aromatic nitrogens is 2. The zero-order chi connectivity index (χ0) is 14.1. The Balaban J connectivity index is 1.90. The van der Waals surface area contributed by atoms with Crippen molar-refractivity contribution >= 4 is 28.6 Å². The Bertz CT molecular complexity index is 758. The lowest BCUT2D eigenvalue weighted by atomic mass is 10.1. The van der Waals surface area contributed by atoms with Crippen molar-refractivity contribution < 1.29 is 4.79 Å². The third-order valence-corrected chi connectivity index (χ3v) is 3.19. The molecule has 0 aliphatic rings. The van der Waals surface area contributed by atoms with E-state index in [9.17, 15) is 4.79 Å². The van der Waals surface area contributed by atoms with Crippen molar-refractivity contribution in [1.29, 1.82) is 0 Å². The minimum Gasteiger partial charge on any atom is -0.398 e. The summed E-state index contributed by atoms with van der Waals surface area (Å²) >= 11 is 0. The number of nitrogens with two attached hydrogens (primary N) is 1. The van der Waals surface area contributed by atoms with Crippen LogP contribution in [0.4, 0.5) is 11.6 Å². The molecule has 3 rings (SSSR count). The molecule has 3 aromatic rings. The third kappa shape index (κ3) is 2.09. The van der Waals surface area contributed by atoms with Crippen LogP contribution in [0.5, 0.6) is 0 Å². The number of aryl methyl sites for hydroxylation is 1. The molecular weight excluding hydrogens is 252 g/mol. The maximum absolute atomic E-state index is 12.2. The average molecular weight is 266 g/mol. The van der Waals surface area contributed by atoms with Crippen LogP contribution in [0.3, 0.4) is 0 Å². The zero-order valence-corrected chi connectivity index (χ0v) is 11.0. The van der Waals surface area contributed by atoms with Crippen LogP contribution in [0.15, 0.2) is 42.5 Å². The summed E-state index contributed by atoms with van der Waals surface area (Å²) in [6.45, 7) is 1.87. The van der Waals surface area contributed by atoms with E-state index in [4.69, 9.17) is 5.73 Å². The molecule has 0 saturated heterocycles. The van der Waals surface area contributed by atoms with Gasteiger partial charge in [0.15, 0.2) is 0 Å². The number of nitrogen functional groups attached to an aromatic ring is 1. The Hall–Kier alpha value is -2.82. The van der Waals surface area contributed by atoms with Gasteiger partial charge in [-0.25, -0.2) is 4.98 Å². The van der Waals surface area contributed by atoms with Gasteiger partial charge >= 0.3 is 0 Å². The predicted molar refractivity (Wildman–Crippen MR) is 79.6 cm³/mol. The minimum atomic E-state index is -0.273. The van der Waals surface area contributed by atoms with Gasteiger partial charge in [-0.15, -0.1) is 0 Å². The maximum atomic E-state index is 12.2. The van der Waals surface area contributed by atoms with Crippen LogP contribution in [0.25, 0.3) is 11.0 Å². The zero-order valence-electron chi connectivity index (χ0n) is 11.0. The summed E-state index contributed by atoms with van der Waals surface area (Å²) in [4.78, 5) is 19.6. The van der Waals surface area contributed by atoms with Gasteiger partial charge in [-0.3, -0.25) is 10.1 Å². The van der Waals surface area contributed by atoms with Gasteiger partial charge in [0.05, 0.1) is 16.6 Å². The van der Waals surface area contributed by atoms with Gasteiger partial charge in [0.2, 0.25) is 5.95 Å². The first-order valence-corrected chi connectivity index (χ1v) is 6.26. The van der Waals surface area contributed by atoms with Crippen LogP contribution in [0.2, 0.25) is 0 Å². The number of aromatic amines is 1. The summed E-state index contributed by atoms with van der Waals surface area (Å²) in [6, 6.07) is 13.0. The number of anilines is 2. The molecule has 1 heterocycles. The first-order valence-electron chi connectivity index (χ1n) is 6.26. The van der Waals surface area contributed by atoms with E-state index in [1.807, 2.05) is 37.3 Å². The van der Waals surface area contributed by atoms with Gasteiger partial charge in [0.25, 0.3) is 5.91 Å². The number of H-pyrrole nitrogens is 1. The fraction of sp³-hybridized carbons (Fsp3) is 0.0667. The van der Waals surface area contributed by atoms with Gasteiger partial charge in [-0.2, -0.15) is 0 Å². The predicted octanol–water partition coefficient (Wildman–Crippen LogP) is 2.71. The molecule has 1 amide bonds. The molecule has 2 aromatic carbocycles. The molecule has 100 valence electrons. The molecule has 0 aliphatic heterocycles.